The number of amides is 2. The molecular formula is C13H14N4O2S. The van der Waals surface area contributed by atoms with Crippen LogP contribution < -0.4 is 5.32 Å². The molecule has 2 aromatic heterocycles. The van der Waals surface area contributed by atoms with Crippen LogP contribution in [-0.4, -0.2) is 40.0 Å². The van der Waals surface area contributed by atoms with Crippen LogP contribution in [0.3, 0.4) is 0 Å². The zero-order chi connectivity index (χ0) is 14.1. The maximum Gasteiger partial charge on any atom is 0.246 e. The van der Waals surface area contributed by atoms with E-state index >= 15 is 0 Å². The van der Waals surface area contributed by atoms with E-state index in [9.17, 15) is 9.59 Å². The summed E-state index contributed by atoms with van der Waals surface area (Å²) < 4.78 is 0. The molecule has 104 valence electrons. The first kappa shape index (κ1) is 13.0. The van der Waals surface area contributed by atoms with Gasteiger partial charge in [-0.3, -0.25) is 19.6 Å². The van der Waals surface area contributed by atoms with E-state index in [2.05, 4.69) is 15.5 Å². The molecule has 2 N–H and O–H groups in total. The van der Waals surface area contributed by atoms with E-state index in [4.69, 9.17) is 0 Å². The van der Waals surface area contributed by atoms with E-state index < -0.39 is 6.04 Å². The molecule has 0 spiro atoms. The Kier molecular flexibility index (Phi) is 3.37. The van der Waals surface area contributed by atoms with Crippen molar-refractivity contribution in [1.82, 2.24) is 20.4 Å². The Labute approximate surface area is 119 Å². The van der Waals surface area contributed by atoms with Crippen molar-refractivity contribution in [2.75, 3.05) is 7.05 Å². The highest BCUT2D eigenvalue weighted by atomic mass is 32.1. The molecule has 1 unspecified atom stereocenters. The Morgan fingerprint density at radius 3 is 3.05 bits per heavy atom. The first-order chi connectivity index (χ1) is 9.66. The Hall–Kier alpha value is -1.99. The third-order valence-electron chi connectivity index (χ3n) is 3.41. The molecule has 1 saturated heterocycles. The minimum absolute atomic E-state index is 0.141. The SMILES string of the molecule is CN1C(=O)CC(NCc2cn[nH]c2-c2cccs2)C1=O. The molecule has 20 heavy (non-hydrogen) atoms. The van der Waals surface area contributed by atoms with Crippen LogP contribution in [0.15, 0.2) is 23.7 Å². The molecule has 0 aromatic carbocycles. The number of nitrogens with zero attached hydrogens (tertiary/aromatic N) is 2. The first-order valence-corrected chi connectivity index (χ1v) is 7.14. The quantitative estimate of drug-likeness (QED) is 0.823. The third kappa shape index (κ3) is 2.25. The van der Waals surface area contributed by atoms with E-state index in [0.29, 0.717) is 6.54 Å². The van der Waals surface area contributed by atoms with E-state index in [1.807, 2.05) is 17.5 Å². The Morgan fingerprint density at radius 2 is 2.40 bits per heavy atom. The van der Waals surface area contributed by atoms with Gasteiger partial charge in [0.05, 0.1) is 29.2 Å². The lowest BCUT2D eigenvalue weighted by atomic mass is 10.2. The second kappa shape index (κ2) is 5.18. The minimum Gasteiger partial charge on any atom is -0.301 e. The fourth-order valence-corrected chi connectivity index (χ4v) is 2.98. The van der Waals surface area contributed by atoms with Gasteiger partial charge < -0.3 is 5.32 Å². The molecule has 0 saturated carbocycles. The number of hydrogen-bond donors (Lipinski definition) is 2. The number of thiophene rings is 1. The number of rotatable bonds is 4. The monoisotopic (exact) mass is 290 g/mol. The van der Waals surface area contributed by atoms with Gasteiger partial charge in [-0.05, 0) is 11.4 Å². The van der Waals surface area contributed by atoms with Crippen molar-refractivity contribution in [3.8, 4) is 10.6 Å². The van der Waals surface area contributed by atoms with Crippen molar-refractivity contribution < 1.29 is 9.59 Å². The number of likely N-dealkylation sites (N-methyl/N-ethyl adjacent to an activating group) is 1. The number of aromatic nitrogens is 2. The smallest absolute Gasteiger partial charge is 0.246 e. The van der Waals surface area contributed by atoms with Crippen LogP contribution in [0.1, 0.15) is 12.0 Å². The van der Waals surface area contributed by atoms with Gasteiger partial charge in [-0.15, -0.1) is 11.3 Å². The molecule has 1 fully saturated rings. The molecule has 3 heterocycles. The Bertz CT molecular complexity index is 635. The molecule has 2 amide bonds. The molecule has 1 atom stereocenters. The average molecular weight is 290 g/mol. The van der Waals surface area contributed by atoms with Gasteiger partial charge in [-0.1, -0.05) is 6.07 Å². The van der Waals surface area contributed by atoms with Crippen LogP contribution in [0.5, 0.6) is 0 Å². The molecule has 3 rings (SSSR count). The van der Waals surface area contributed by atoms with Crippen LogP contribution in [0, 0.1) is 0 Å². The number of H-pyrrole nitrogens is 1. The van der Waals surface area contributed by atoms with E-state index in [-0.39, 0.29) is 18.2 Å². The minimum atomic E-state index is -0.432. The van der Waals surface area contributed by atoms with Crippen molar-refractivity contribution >= 4 is 23.2 Å². The molecular weight excluding hydrogens is 276 g/mol. The first-order valence-electron chi connectivity index (χ1n) is 6.26. The van der Waals surface area contributed by atoms with Crippen molar-refractivity contribution in [3.63, 3.8) is 0 Å². The second-order valence-corrected chi connectivity index (χ2v) is 5.62. The summed E-state index contributed by atoms with van der Waals surface area (Å²) in [6.07, 6.45) is 1.97. The van der Waals surface area contributed by atoms with Gasteiger partial charge in [0.15, 0.2) is 0 Å². The number of imide groups is 1. The van der Waals surface area contributed by atoms with Gasteiger partial charge in [0, 0.05) is 19.2 Å². The van der Waals surface area contributed by atoms with Gasteiger partial charge in [0.2, 0.25) is 11.8 Å². The number of hydrogen-bond acceptors (Lipinski definition) is 5. The fourth-order valence-electron chi connectivity index (χ4n) is 2.23. The summed E-state index contributed by atoms with van der Waals surface area (Å²) in [6, 6.07) is 3.56. The summed E-state index contributed by atoms with van der Waals surface area (Å²) in [5.74, 6) is -0.311. The van der Waals surface area contributed by atoms with Gasteiger partial charge in [-0.2, -0.15) is 5.10 Å². The predicted molar refractivity (Wildman–Crippen MR) is 74.9 cm³/mol. The average Bonchev–Trinajstić information content (AvgIpc) is 3.14. The zero-order valence-corrected chi connectivity index (χ0v) is 11.7. The van der Waals surface area contributed by atoms with E-state index in [1.165, 1.54) is 11.9 Å². The number of aromatic amines is 1. The fraction of sp³-hybridized carbons (Fsp3) is 0.308. The normalized spacial score (nSPS) is 19.1. The lowest BCUT2D eigenvalue weighted by Crippen LogP contribution is -2.36. The van der Waals surface area contributed by atoms with Crippen LogP contribution in [-0.2, 0) is 16.1 Å². The van der Waals surface area contributed by atoms with Crippen LogP contribution >= 0.6 is 11.3 Å². The van der Waals surface area contributed by atoms with Gasteiger partial charge in [0.1, 0.15) is 0 Å². The summed E-state index contributed by atoms with van der Waals surface area (Å²) in [6.45, 7) is 0.501. The highest BCUT2D eigenvalue weighted by Gasteiger charge is 2.35. The summed E-state index contributed by atoms with van der Waals surface area (Å²) in [5.41, 5.74) is 1.94. The maximum atomic E-state index is 11.8. The highest BCUT2D eigenvalue weighted by molar-refractivity contribution is 7.13. The van der Waals surface area contributed by atoms with Crippen LogP contribution in [0.2, 0.25) is 0 Å². The molecule has 0 radical (unpaired) electrons. The standard InChI is InChI=1S/C13H14N4O2S/c1-17-11(18)5-9(13(17)19)14-6-8-7-15-16-12(8)10-3-2-4-20-10/h2-4,7,9,14H,5-6H2,1H3,(H,15,16). The summed E-state index contributed by atoms with van der Waals surface area (Å²) in [4.78, 5) is 25.5. The zero-order valence-electron chi connectivity index (χ0n) is 10.9. The molecule has 7 heteroatoms. The van der Waals surface area contributed by atoms with Gasteiger partial charge >= 0.3 is 0 Å². The summed E-state index contributed by atoms with van der Waals surface area (Å²) >= 11 is 1.63. The number of carbonyl (C=O) groups is 2. The van der Waals surface area contributed by atoms with Crippen LogP contribution in [0.4, 0.5) is 0 Å². The second-order valence-electron chi connectivity index (χ2n) is 4.68. The van der Waals surface area contributed by atoms with E-state index in [0.717, 1.165) is 16.1 Å². The van der Waals surface area contributed by atoms with E-state index in [1.54, 1.807) is 17.5 Å². The van der Waals surface area contributed by atoms with Crippen molar-refractivity contribution in [1.29, 1.82) is 0 Å². The van der Waals surface area contributed by atoms with Gasteiger partial charge in [0.25, 0.3) is 0 Å². The highest BCUT2D eigenvalue weighted by Crippen LogP contribution is 2.25. The van der Waals surface area contributed by atoms with Crippen molar-refractivity contribution in [2.45, 2.75) is 19.0 Å². The molecule has 1 aliphatic heterocycles. The third-order valence-corrected chi connectivity index (χ3v) is 4.29. The maximum absolute atomic E-state index is 11.8. The number of carbonyl (C=O) groups excluding carboxylic acids is 2. The predicted octanol–water partition coefficient (Wildman–Crippen LogP) is 0.985. The Morgan fingerprint density at radius 1 is 1.55 bits per heavy atom. The number of nitrogens with one attached hydrogen (secondary N) is 2. The van der Waals surface area contributed by atoms with Gasteiger partial charge in [-0.25, -0.2) is 0 Å². The lowest BCUT2D eigenvalue weighted by molar-refractivity contribution is -0.137. The molecule has 2 aromatic rings. The molecule has 0 aliphatic carbocycles. The molecule has 0 bridgehead atoms. The molecule has 1 aliphatic rings. The largest absolute Gasteiger partial charge is 0.301 e. The van der Waals surface area contributed by atoms with Crippen LogP contribution in [0.25, 0.3) is 10.6 Å². The molecule has 6 nitrogen and oxygen atoms in total. The summed E-state index contributed by atoms with van der Waals surface area (Å²) in [5, 5.41) is 12.2. The number of likely N-dealkylation sites (tertiary alicyclic amines) is 1. The lowest BCUT2D eigenvalue weighted by Gasteiger charge is -2.10. The van der Waals surface area contributed by atoms with Crippen molar-refractivity contribution in [3.05, 3.63) is 29.3 Å². The Balaban J connectivity index is 1.70. The topological polar surface area (TPSA) is 78.1 Å². The summed E-state index contributed by atoms with van der Waals surface area (Å²) in [7, 11) is 1.52. The van der Waals surface area contributed by atoms with Crippen molar-refractivity contribution in [2.24, 2.45) is 0 Å².